The quantitative estimate of drug-likeness (QED) is 0.268. The molecule has 1 fully saturated rings. The Hall–Kier alpha value is -4.19. The molecule has 2 aromatic carbocycles. The molecular weight excluding hydrogens is 506 g/mol. The lowest BCUT2D eigenvalue weighted by Crippen LogP contribution is -2.30. The van der Waals surface area contributed by atoms with Crippen LogP contribution in [0, 0.1) is 11.3 Å². The standard InChI is InChI=1S/C32H33N3O5/c1-32(2,3)38-17-14-35-31(36)22-6-4-21(5-7-22)29-19-27-30(40-29)26(10-13-34-27)23-8-9-28(24(18-23)20-33)39-25-11-15-37-16-12-25/h4-10,13,18-19,25H,11-12,14-17H2,1-3H3,(H,35,36). The van der Waals surface area contributed by atoms with E-state index in [1.54, 1.807) is 18.3 Å². The van der Waals surface area contributed by atoms with Crippen molar-refractivity contribution < 1.29 is 23.4 Å². The number of aromatic nitrogens is 1. The van der Waals surface area contributed by atoms with Crippen LogP contribution in [0.25, 0.3) is 33.6 Å². The van der Waals surface area contributed by atoms with Gasteiger partial charge in [0.2, 0.25) is 0 Å². The fraction of sp³-hybridized carbons (Fsp3) is 0.344. The molecule has 0 saturated carbocycles. The highest BCUT2D eigenvalue weighted by Gasteiger charge is 2.19. The number of carbonyl (C=O) groups excluding carboxylic acids is 1. The van der Waals surface area contributed by atoms with Crippen molar-refractivity contribution >= 4 is 17.0 Å². The van der Waals surface area contributed by atoms with Crippen LogP contribution in [0.1, 0.15) is 49.5 Å². The van der Waals surface area contributed by atoms with Crippen LogP contribution in [0.4, 0.5) is 0 Å². The van der Waals surface area contributed by atoms with E-state index in [2.05, 4.69) is 16.4 Å². The van der Waals surface area contributed by atoms with E-state index in [4.69, 9.17) is 18.6 Å². The van der Waals surface area contributed by atoms with E-state index in [0.717, 1.165) is 29.5 Å². The predicted molar refractivity (Wildman–Crippen MR) is 152 cm³/mol. The smallest absolute Gasteiger partial charge is 0.251 e. The van der Waals surface area contributed by atoms with Crippen molar-refractivity contribution in [1.29, 1.82) is 5.26 Å². The summed E-state index contributed by atoms with van der Waals surface area (Å²) in [4.78, 5) is 17.0. The first-order valence-corrected chi connectivity index (χ1v) is 13.5. The lowest BCUT2D eigenvalue weighted by molar-refractivity contribution is -0.000655. The van der Waals surface area contributed by atoms with Crippen molar-refractivity contribution in [3.63, 3.8) is 0 Å². The van der Waals surface area contributed by atoms with Gasteiger partial charge in [-0.1, -0.05) is 18.2 Å². The third kappa shape index (κ3) is 6.50. The highest BCUT2D eigenvalue weighted by molar-refractivity contribution is 5.95. The van der Waals surface area contributed by atoms with E-state index in [1.807, 2.05) is 63.2 Å². The van der Waals surface area contributed by atoms with E-state index < -0.39 is 0 Å². The SMILES string of the molecule is CC(C)(C)OCCNC(=O)c1ccc(-c2cc3nccc(-c4ccc(OC5CCOCC5)c(C#N)c4)c3o2)cc1. The monoisotopic (exact) mass is 539 g/mol. The number of ether oxygens (including phenoxy) is 3. The lowest BCUT2D eigenvalue weighted by atomic mass is 10.0. The summed E-state index contributed by atoms with van der Waals surface area (Å²) in [5, 5.41) is 12.7. The molecule has 1 aliphatic rings. The molecule has 8 nitrogen and oxygen atoms in total. The lowest BCUT2D eigenvalue weighted by Gasteiger charge is -2.23. The van der Waals surface area contributed by atoms with Crippen LogP contribution >= 0.6 is 0 Å². The summed E-state index contributed by atoms with van der Waals surface area (Å²) in [6.45, 7) is 8.16. The molecule has 4 aromatic rings. The number of benzene rings is 2. The van der Waals surface area contributed by atoms with Gasteiger partial charge in [0.05, 0.1) is 31.0 Å². The van der Waals surface area contributed by atoms with Crippen molar-refractivity contribution in [2.75, 3.05) is 26.4 Å². The highest BCUT2D eigenvalue weighted by atomic mass is 16.5. The summed E-state index contributed by atoms with van der Waals surface area (Å²) in [5.41, 5.74) is 4.62. The Kier molecular flexibility index (Phi) is 8.15. The molecule has 40 heavy (non-hydrogen) atoms. The van der Waals surface area contributed by atoms with Gasteiger partial charge in [0.1, 0.15) is 29.2 Å². The predicted octanol–water partition coefficient (Wildman–Crippen LogP) is 6.14. The van der Waals surface area contributed by atoms with Crippen LogP contribution in [0.3, 0.4) is 0 Å². The van der Waals surface area contributed by atoms with Crippen LogP contribution in [-0.2, 0) is 9.47 Å². The highest BCUT2D eigenvalue weighted by Crippen LogP contribution is 2.35. The molecule has 206 valence electrons. The summed E-state index contributed by atoms with van der Waals surface area (Å²) in [6.07, 6.45) is 3.40. The number of nitriles is 1. The first-order chi connectivity index (χ1) is 19.3. The maximum absolute atomic E-state index is 12.5. The van der Waals surface area contributed by atoms with E-state index in [-0.39, 0.29) is 17.6 Å². The number of pyridine rings is 1. The number of rotatable bonds is 8. The van der Waals surface area contributed by atoms with E-state index in [9.17, 15) is 10.1 Å². The van der Waals surface area contributed by atoms with Crippen LogP contribution in [0.5, 0.6) is 5.75 Å². The Morgan fingerprint density at radius 2 is 1.82 bits per heavy atom. The van der Waals surface area contributed by atoms with Crippen LogP contribution in [0.15, 0.2) is 65.2 Å². The maximum atomic E-state index is 12.5. The zero-order chi connectivity index (χ0) is 28.1. The van der Waals surface area contributed by atoms with Gasteiger partial charge in [-0.05, 0) is 56.7 Å². The zero-order valence-electron chi connectivity index (χ0n) is 23.0. The number of amides is 1. The van der Waals surface area contributed by atoms with Gasteiger partial charge >= 0.3 is 0 Å². The van der Waals surface area contributed by atoms with E-state index >= 15 is 0 Å². The van der Waals surface area contributed by atoms with Crippen molar-refractivity contribution in [3.05, 3.63) is 71.9 Å². The summed E-state index contributed by atoms with van der Waals surface area (Å²) in [6, 6.07) is 18.9. The molecule has 3 heterocycles. The topological polar surface area (TPSA) is 107 Å². The minimum absolute atomic E-state index is 0.0481. The molecule has 5 rings (SSSR count). The van der Waals surface area contributed by atoms with Crippen LogP contribution in [0.2, 0.25) is 0 Å². The van der Waals surface area contributed by atoms with Gasteiger partial charge < -0.3 is 23.9 Å². The van der Waals surface area contributed by atoms with E-state index in [1.165, 1.54) is 0 Å². The van der Waals surface area contributed by atoms with Crippen molar-refractivity contribution in [2.45, 2.75) is 45.3 Å². The summed E-state index contributed by atoms with van der Waals surface area (Å²) in [5.74, 6) is 1.06. The molecule has 1 aliphatic heterocycles. The van der Waals surface area contributed by atoms with Gasteiger partial charge in [-0.25, -0.2) is 0 Å². The first-order valence-electron chi connectivity index (χ1n) is 13.5. The van der Waals surface area contributed by atoms with Gasteiger partial charge in [0, 0.05) is 48.3 Å². The minimum atomic E-state index is -0.242. The third-order valence-electron chi connectivity index (χ3n) is 6.64. The van der Waals surface area contributed by atoms with E-state index in [0.29, 0.717) is 60.1 Å². The second-order valence-corrected chi connectivity index (χ2v) is 10.7. The number of nitrogens with zero attached hydrogens (tertiary/aromatic N) is 2. The molecule has 0 radical (unpaired) electrons. The van der Waals surface area contributed by atoms with Crippen LogP contribution in [-0.4, -0.2) is 49.0 Å². The Labute approximate surface area is 233 Å². The minimum Gasteiger partial charge on any atom is -0.489 e. The molecule has 1 saturated heterocycles. The summed E-state index contributed by atoms with van der Waals surface area (Å²) < 4.78 is 23.4. The molecule has 0 bridgehead atoms. The molecule has 1 N–H and O–H groups in total. The number of furan rings is 1. The molecule has 0 atom stereocenters. The number of hydrogen-bond acceptors (Lipinski definition) is 7. The number of hydrogen-bond donors (Lipinski definition) is 1. The van der Waals surface area contributed by atoms with Gasteiger partial charge in [0.15, 0.2) is 5.58 Å². The molecular formula is C32H33N3O5. The first kappa shape index (κ1) is 27.4. The molecule has 2 aromatic heterocycles. The number of nitrogens with one attached hydrogen (secondary N) is 1. The molecule has 0 spiro atoms. The molecule has 8 heteroatoms. The van der Waals surface area contributed by atoms with Gasteiger partial charge in [-0.3, -0.25) is 9.78 Å². The number of carbonyl (C=O) groups is 1. The number of fused-ring (bicyclic) bond motifs is 1. The summed E-state index contributed by atoms with van der Waals surface area (Å²) >= 11 is 0. The second kappa shape index (κ2) is 11.9. The van der Waals surface area contributed by atoms with Gasteiger partial charge in [-0.2, -0.15) is 5.26 Å². The molecule has 0 unspecified atom stereocenters. The Morgan fingerprint density at radius 1 is 1.07 bits per heavy atom. The van der Waals surface area contributed by atoms with Crippen molar-refractivity contribution in [1.82, 2.24) is 10.3 Å². The normalized spacial score (nSPS) is 14.2. The third-order valence-corrected chi connectivity index (χ3v) is 6.64. The van der Waals surface area contributed by atoms with Crippen molar-refractivity contribution in [3.8, 4) is 34.3 Å². The summed E-state index contributed by atoms with van der Waals surface area (Å²) in [7, 11) is 0. The van der Waals surface area contributed by atoms with Crippen molar-refractivity contribution in [2.24, 2.45) is 0 Å². The largest absolute Gasteiger partial charge is 0.489 e. The Balaban J connectivity index is 1.33. The maximum Gasteiger partial charge on any atom is 0.251 e. The Morgan fingerprint density at radius 3 is 2.55 bits per heavy atom. The Bertz CT molecular complexity index is 1520. The second-order valence-electron chi connectivity index (χ2n) is 10.7. The fourth-order valence-electron chi connectivity index (χ4n) is 4.58. The average Bonchev–Trinajstić information content (AvgIpc) is 3.40. The van der Waals surface area contributed by atoms with Crippen LogP contribution < -0.4 is 10.1 Å². The molecule has 1 amide bonds. The fourth-order valence-corrected chi connectivity index (χ4v) is 4.58. The molecule has 0 aliphatic carbocycles. The van der Waals surface area contributed by atoms with Gasteiger partial charge in [0.25, 0.3) is 5.91 Å². The van der Waals surface area contributed by atoms with Gasteiger partial charge in [-0.15, -0.1) is 0 Å². The average molecular weight is 540 g/mol. The zero-order valence-corrected chi connectivity index (χ0v) is 23.0.